The van der Waals surface area contributed by atoms with Crippen LogP contribution in [0.1, 0.15) is 0 Å². The monoisotopic (exact) mass is 166 g/mol. The van der Waals surface area contributed by atoms with Crippen molar-refractivity contribution in [1.82, 2.24) is 10.6 Å². The van der Waals surface area contributed by atoms with Crippen molar-refractivity contribution in [2.45, 2.75) is 12.7 Å². The third-order valence-electron chi connectivity index (χ3n) is 1.30. The molecule has 0 atom stereocenters. The number of halogens is 2. The lowest BCUT2D eigenvalue weighted by Gasteiger charge is -2.27. The van der Waals surface area contributed by atoms with Gasteiger partial charge >= 0.3 is 12.7 Å². The average molecular weight is 166 g/mol. The van der Waals surface area contributed by atoms with E-state index >= 15 is 0 Å². The number of carbonyl (C=O) groups excluding carboxylic acids is 1. The van der Waals surface area contributed by atoms with Crippen LogP contribution in [0.2, 0.25) is 0 Å². The zero-order valence-electron chi connectivity index (χ0n) is 5.64. The molecule has 1 aliphatic rings. The molecular formula is C5H8F2N2O2. The van der Waals surface area contributed by atoms with E-state index in [-0.39, 0.29) is 6.04 Å². The summed E-state index contributed by atoms with van der Waals surface area (Å²) in [5.41, 5.74) is 0. The minimum absolute atomic E-state index is 0.0683. The number of alkyl halides is 2. The van der Waals surface area contributed by atoms with Gasteiger partial charge in [-0.3, -0.25) is 0 Å². The van der Waals surface area contributed by atoms with Crippen molar-refractivity contribution in [2.24, 2.45) is 0 Å². The topological polar surface area (TPSA) is 50.4 Å². The van der Waals surface area contributed by atoms with Crippen LogP contribution in [0.4, 0.5) is 13.6 Å². The second kappa shape index (κ2) is 3.47. The molecule has 2 N–H and O–H groups in total. The smallest absolute Gasteiger partial charge is 0.386 e. The van der Waals surface area contributed by atoms with Crippen LogP contribution in [0.15, 0.2) is 0 Å². The van der Waals surface area contributed by atoms with Crippen LogP contribution in [-0.4, -0.2) is 31.8 Å². The molecule has 11 heavy (non-hydrogen) atoms. The summed E-state index contributed by atoms with van der Waals surface area (Å²) in [6, 6.07) is -0.0683. The standard InChI is InChI=1S/C5H8F2N2O2/c6-4(7)11-5(10)9-3-1-8-2-3/h3-4,8H,1-2H2,(H,9,10). The fourth-order valence-corrected chi connectivity index (χ4v) is 0.672. The maximum atomic E-state index is 11.4. The highest BCUT2D eigenvalue weighted by molar-refractivity contribution is 5.67. The minimum Gasteiger partial charge on any atom is -0.386 e. The Balaban J connectivity index is 2.09. The van der Waals surface area contributed by atoms with Gasteiger partial charge in [0.25, 0.3) is 0 Å². The first-order chi connectivity index (χ1) is 5.18. The fourth-order valence-electron chi connectivity index (χ4n) is 0.672. The van der Waals surface area contributed by atoms with Gasteiger partial charge in [-0.15, -0.1) is 0 Å². The summed E-state index contributed by atoms with van der Waals surface area (Å²) in [5.74, 6) is 0. The highest BCUT2D eigenvalue weighted by Crippen LogP contribution is 1.97. The Hall–Kier alpha value is -0.910. The normalized spacial score (nSPS) is 17.7. The SMILES string of the molecule is O=C(NC1CNC1)OC(F)F. The average Bonchev–Trinajstić information content (AvgIpc) is 1.77. The first-order valence-corrected chi connectivity index (χ1v) is 3.14. The third-order valence-corrected chi connectivity index (χ3v) is 1.30. The third kappa shape index (κ3) is 2.67. The van der Waals surface area contributed by atoms with Crippen molar-refractivity contribution in [3.63, 3.8) is 0 Å². The van der Waals surface area contributed by atoms with Crippen LogP contribution in [0.25, 0.3) is 0 Å². The Bertz CT molecular complexity index is 149. The van der Waals surface area contributed by atoms with Crippen LogP contribution in [0.5, 0.6) is 0 Å². The van der Waals surface area contributed by atoms with E-state index in [0.29, 0.717) is 13.1 Å². The first-order valence-electron chi connectivity index (χ1n) is 3.14. The second-order valence-electron chi connectivity index (χ2n) is 2.17. The van der Waals surface area contributed by atoms with E-state index in [9.17, 15) is 13.6 Å². The van der Waals surface area contributed by atoms with Gasteiger partial charge in [0.15, 0.2) is 0 Å². The van der Waals surface area contributed by atoms with E-state index in [4.69, 9.17) is 0 Å². The summed E-state index contributed by atoms with van der Waals surface area (Å²) in [4.78, 5) is 10.4. The molecule has 64 valence electrons. The van der Waals surface area contributed by atoms with Crippen LogP contribution < -0.4 is 10.6 Å². The molecule has 1 fully saturated rings. The number of ether oxygens (including phenoxy) is 1. The Morgan fingerprint density at radius 1 is 1.64 bits per heavy atom. The number of carbonyl (C=O) groups is 1. The Morgan fingerprint density at radius 3 is 2.64 bits per heavy atom. The number of amides is 1. The van der Waals surface area contributed by atoms with Crippen molar-refractivity contribution in [1.29, 1.82) is 0 Å². The molecule has 4 nitrogen and oxygen atoms in total. The zero-order chi connectivity index (χ0) is 8.27. The molecule has 0 bridgehead atoms. The van der Waals surface area contributed by atoms with E-state index < -0.39 is 12.7 Å². The molecule has 0 radical (unpaired) electrons. The minimum atomic E-state index is -3.04. The quantitative estimate of drug-likeness (QED) is 0.602. The van der Waals surface area contributed by atoms with Gasteiger partial charge in [-0.05, 0) is 0 Å². The number of rotatable bonds is 2. The lowest BCUT2D eigenvalue weighted by molar-refractivity contribution is -0.0824. The van der Waals surface area contributed by atoms with E-state index in [1.807, 2.05) is 0 Å². The number of hydrogen-bond acceptors (Lipinski definition) is 3. The van der Waals surface area contributed by atoms with E-state index in [0.717, 1.165) is 0 Å². The highest BCUT2D eigenvalue weighted by atomic mass is 19.3. The molecule has 0 aromatic heterocycles. The number of nitrogens with one attached hydrogen (secondary N) is 2. The van der Waals surface area contributed by atoms with Gasteiger partial charge in [-0.25, -0.2) is 4.79 Å². The Labute approximate surface area is 61.9 Å². The summed E-state index contributed by atoms with van der Waals surface area (Å²) in [7, 11) is 0. The molecule has 1 rings (SSSR count). The summed E-state index contributed by atoms with van der Waals surface area (Å²) >= 11 is 0. The maximum absolute atomic E-state index is 11.4. The van der Waals surface area contributed by atoms with Crippen molar-refractivity contribution in [3.8, 4) is 0 Å². The van der Waals surface area contributed by atoms with Crippen LogP contribution in [0, 0.1) is 0 Å². The Kier molecular flexibility index (Phi) is 2.58. The summed E-state index contributed by atoms with van der Waals surface area (Å²) in [6.45, 7) is -1.82. The van der Waals surface area contributed by atoms with E-state index in [1.54, 1.807) is 0 Å². The molecule has 1 saturated heterocycles. The molecule has 0 unspecified atom stereocenters. The number of alkyl carbamates (subject to hydrolysis) is 1. The van der Waals surface area contributed by atoms with Crippen molar-refractivity contribution in [3.05, 3.63) is 0 Å². The van der Waals surface area contributed by atoms with Crippen molar-refractivity contribution in [2.75, 3.05) is 13.1 Å². The van der Waals surface area contributed by atoms with Gasteiger partial charge in [0.1, 0.15) is 0 Å². The van der Waals surface area contributed by atoms with Gasteiger partial charge < -0.3 is 15.4 Å². The predicted octanol–water partition coefficient (Wildman–Crippen LogP) is -0.0930. The van der Waals surface area contributed by atoms with Gasteiger partial charge in [-0.2, -0.15) is 8.78 Å². The molecule has 0 spiro atoms. The lowest BCUT2D eigenvalue weighted by atomic mass is 10.2. The summed E-state index contributed by atoms with van der Waals surface area (Å²) in [6.07, 6.45) is -1.06. The second-order valence-corrected chi connectivity index (χ2v) is 2.17. The molecular weight excluding hydrogens is 158 g/mol. The molecule has 6 heteroatoms. The molecule has 0 aliphatic carbocycles. The summed E-state index contributed by atoms with van der Waals surface area (Å²) < 4.78 is 26.3. The van der Waals surface area contributed by atoms with Crippen LogP contribution in [-0.2, 0) is 4.74 Å². The predicted molar refractivity (Wildman–Crippen MR) is 32.3 cm³/mol. The van der Waals surface area contributed by atoms with Gasteiger partial charge in [0, 0.05) is 13.1 Å². The van der Waals surface area contributed by atoms with Gasteiger partial charge in [-0.1, -0.05) is 0 Å². The molecule has 1 heterocycles. The van der Waals surface area contributed by atoms with E-state index in [1.165, 1.54) is 0 Å². The lowest BCUT2D eigenvalue weighted by Crippen LogP contribution is -2.57. The Morgan fingerprint density at radius 2 is 2.27 bits per heavy atom. The maximum Gasteiger partial charge on any atom is 0.411 e. The first kappa shape index (κ1) is 8.19. The van der Waals surface area contributed by atoms with E-state index in [2.05, 4.69) is 15.4 Å². The molecule has 0 aromatic carbocycles. The fraction of sp³-hybridized carbons (Fsp3) is 0.800. The van der Waals surface area contributed by atoms with Crippen molar-refractivity contribution < 1.29 is 18.3 Å². The summed E-state index contributed by atoms with van der Waals surface area (Å²) in [5, 5.41) is 5.11. The van der Waals surface area contributed by atoms with Crippen molar-refractivity contribution >= 4 is 6.09 Å². The highest BCUT2D eigenvalue weighted by Gasteiger charge is 2.20. The zero-order valence-corrected chi connectivity index (χ0v) is 5.64. The molecule has 1 aliphatic heterocycles. The number of hydrogen-bond donors (Lipinski definition) is 2. The van der Waals surface area contributed by atoms with Gasteiger partial charge in [0.05, 0.1) is 6.04 Å². The molecule has 0 saturated carbocycles. The largest absolute Gasteiger partial charge is 0.411 e. The molecule has 0 aromatic rings. The van der Waals surface area contributed by atoms with Gasteiger partial charge in [0.2, 0.25) is 0 Å². The van der Waals surface area contributed by atoms with Crippen LogP contribution in [0.3, 0.4) is 0 Å². The van der Waals surface area contributed by atoms with Crippen LogP contribution >= 0.6 is 0 Å². The molecule has 1 amide bonds.